The lowest BCUT2D eigenvalue weighted by molar-refractivity contribution is 1.26. The second-order valence-corrected chi connectivity index (χ2v) is 39.1. The summed E-state index contributed by atoms with van der Waals surface area (Å²) in [5, 5.41) is 18.9. The zero-order valence-corrected chi connectivity index (χ0v) is 80.5. The van der Waals surface area contributed by atoms with Gasteiger partial charge in [0.15, 0.2) is 0 Å². The van der Waals surface area contributed by atoms with Gasteiger partial charge < -0.3 is 37.2 Å². The summed E-state index contributed by atoms with van der Waals surface area (Å²) in [6, 6.07) is 168. The van der Waals surface area contributed by atoms with Gasteiger partial charge >= 0.3 is 0 Å². The van der Waals surface area contributed by atoms with Crippen LogP contribution in [0.1, 0.15) is 33.4 Å². The van der Waals surface area contributed by atoms with Crippen LogP contribution in [0.4, 0.5) is 68.2 Å². The van der Waals surface area contributed by atoms with E-state index in [1.165, 1.54) is 136 Å². The molecule has 0 atom stereocenters. The fourth-order valence-electron chi connectivity index (χ4n) is 25.2. The molecule has 0 N–H and O–H groups in total. The van der Waals surface area contributed by atoms with Crippen LogP contribution in [0.25, 0.3) is 191 Å². The summed E-state index contributed by atoms with van der Waals surface area (Å²) >= 11 is 0. The van der Waals surface area contributed by atoms with Crippen LogP contribution in [0.5, 0.6) is 0 Å². The first kappa shape index (κ1) is 83.2. The predicted molar refractivity (Wildman–Crippen MR) is 617 cm³/mol. The topological polar surface area (TPSA) is 30.6 Å². The molecule has 8 heteroatoms. The normalized spacial score (nSPS) is 12.3. The molecule has 29 rings (SSSR count). The van der Waals surface area contributed by atoms with Crippen LogP contribution in [-0.2, 0) is 6.42 Å². The van der Waals surface area contributed by atoms with Crippen LogP contribution >= 0.6 is 0 Å². The van der Waals surface area contributed by atoms with Gasteiger partial charge in [0, 0.05) is 154 Å². The molecule has 682 valence electrons. The Morgan fingerprint density at radius 2 is 0.538 bits per heavy atom. The van der Waals surface area contributed by atoms with Crippen LogP contribution in [0.3, 0.4) is 0 Å². The molecule has 0 aliphatic rings. The Morgan fingerprint density at radius 1 is 0.234 bits per heavy atom. The molecule has 0 fully saturated rings. The molecule has 0 aliphatic heterocycles. The highest BCUT2D eigenvalue weighted by atomic mass is 15.2. The molecular weight excluding hydrogens is 1760 g/mol. The van der Waals surface area contributed by atoms with Crippen molar-refractivity contribution in [3.05, 3.63) is 513 Å². The highest BCUT2D eigenvalue weighted by molar-refractivity contribution is 6.42. The smallest absolute Gasteiger partial charge is 0.0642 e. The van der Waals surface area contributed by atoms with E-state index in [1.54, 1.807) is 0 Å². The van der Waals surface area contributed by atoms with Crippen LogP contribution in [-0.4, -0.2) is 17.6 Å². The summed E-state index contributed by atoms with van der Waals surface area (Å²) < 4.78 is 10.7. The summed E-state index contributed by atoms with van der Waals surface area (Å²) in [6.07, 6.45) is 9.78. The van der Waals surface area contributed by atoms with Crippen LogP contribution in [0, 0.1) is 27.7 Å². The molecule has 145 heavy (non-hydrogen) atoms. The molecular formula is C137H94N8. The minimum atomic E-state index is 0.583. The number of allylic oxidation sites excluding steroid dienone is 5. The van der Waals surface area contributed by atoms with E-state index in [-0.39, 0.29) is 0 Å². The fraction of sp³-hybridized carbons (Fsp3) is 0.0365. The lowest BCUT2D eigenvalue weighted by Crippen LogP contribution is -2.11. The molecule has 0 spiro atoms. The summed E-state index contributed by atoms with van der Waals surface area (Å²) in [5.41, 5.74) is 42.0. The number of aromatic nitrogens is 4. The number of fused-ring (bicyclic) bond motifs is 24. The van der Waals surface area contributed by atoms with Gasteiger partial charge in [-0.3, -0.25) is 0 Å². The van der Waals surface area contributed by atoms with Gasteiger partial charge in [-0.25, -0.2) is 0 Å². The van der Waals surface area contributed by atoms with E-state index in [0.717, 1.165) is 156 Å². The zero-order chi connectivity index (χ0) is 96.1. The average Bonchev–Trinajstić information content (AvgIpc) is 1.49. The van der Waals surface area contributed by atoms with Crippen molar-refractivity contribution in [2.45, 2.75) is 34.1 Å². The first-order valence-corrected chi connectivity index (χ1v) is 50.3. The van der Waals surface area contributed by atoms with Gasteiger partial charge in [-0.05, 0) is 218 Å². The third kappa shape index (κ3) is 12.2. The lowest BCUT2D eigenvalue weighted by atomic mass is 9.88. The Balaban J connectivity index is 0.716. The number of para-hydroxylation sites is 10. The van der Waals surface area contributed by atoms with Crippen molar-refractivity contribution < 1.29 is 0 Å². The third-order valence-electron chi connectivity index (χ3n) is 30.9. The molecule has 0 amide bonds. The summed E-state index contributed by atoms with van der Waals surface area (Å²) in [7, 11) is 0. The maximum Gasteiger partial charge on any atom is 0.0642 e. The number of hydrogen-bond donors (Lipinski definition) is 0. The number of aryl methyl sites for hydroxylation is 4. The van der Waals surface area contributed by atoms with E-state index in [4.69, 9.17) is 6.58 Å². The van der Waals surface area contributed by atoms with Crippen molar-refractivity contribution in [2.24, 2.45) is 0 Å². The molecule has 21 aromatic carbocycles. The monoisotopic (exact) mass is 1850 g/mol. The van der Waals surface area contributed by atoms with E-state index in [0.29, 0.717) is 6.42 Å². The highest BCUT2D eigenvalue weighted by Gasteiger charge is 2.38. The van der Waals surface area contributed by atoms with E-state index in [2.05, 4.69) is 532 Å². The molecule has 8 aromatic heterocycles. The SMILES string of the molecule is C=C/C=C(\C=C/Cc1cccc(-c2c3c4ccc(N(c5ccccc5)c5cccc(C)c5)c5c6ccccc6n(c3c(-c3ccccc3)c3c6ccc(N(c7ccccc7)c7cccc(C)c7)c7c8ccccc8n(c23)c67)c45)c1)c1c2c3ccc(N(c4ccccc4)c4ccccc4C)c4c5ccccc5n(c2c(-c2ccccc2)c2c5ccc(N(c6ccccc6)c6ccccc6C)c6c7ccccc7n(c12)c56)c34. The maximum absolute atomic E-state index is 4.72. The number of nitrogens with zero attached hydrogens (tertiary/aromatic N) is 8. The first-order chi connectivity index (χ1) is 71.7. The van der Waals surface area contributed by atoms with Crippen molar-refractivity contribution >= 4 is 226 Å². The number of anilines is 12. The molecule has 29 aromatic rings. The zero-order valence-electron chi connectivity index (χ0n) is 80.5. The second-order valence-electron chi connectivity index (χ2n) is 39.1. The average molecular weight is 1850 g/mol. The second kappa shape index (κ2) is 32.7. The lowest BCUT2D eigenvalue weighted by Gasteiger charge is -2.28. The van der Waals surface area contributed by atoms with Crippen molar-refractivity contribution in [1.82, 2.24) is 17.6 Å². The Kier molecular flexibility index (Phi) is 18.8. The van der Waals surface area contributed by atoms with Crippen molar-refractivity contribution in [3.8, 4) is 33.4 Å². The van der Waals surface area contributed by atoms with Crippen molar-refractivity contribution in [1.29, 1.82) is 0 Å². The molecule has 0 saturated carbocycles. The van der Waals surface area contributed by atoms with Gasteiger partial charge in [-0.15, -0.1) is 0 Å². The van der Waals surface area contributed by atoms with Gasteiger partial charge in [-0.1, -0.05) is 346 Å². The molecule has 0 aliphatic carbocycles. The minimum absolute atomic E-state index is 0.583. The van der Waals surface area contributed by atoms with Gasteiger partial charge in [0.05, 0.1) is 88.9 Å². The van der Waals surface area contributed by atoms with Crippen LogP contribution < -0.4 is 19.6 Å². The van der Waals surface area contributed by atoms with Crippen LogP contribution in [0.15, 0.2) is 480 Å². The minimum Gasteiger partial charge on any atom is -0.310 e. The Bertz CT molecular complexity index is 10200. The van der Waals surface area contributed by atoms with E-state index in [1.807, 2.05) is 6.08 Å². The molecule has 8 heterocycles. The van der Waals surface area contributed by atoms with E-state index < -0.39 is 0 Å². The number of rotatable bonds is 20. The summed E-state index contributed by atoms with van der Waals surface area (Å²) in [5.74, 6) is 0. The van der Waals surface area contributed by atoms with Gasteiger partial charge in [0.25, 0.3) is 0 Å². The standard InChI is InChI=1S/C137H94N8/c1-6-41-90(118-126-105-76-80-116(140(96-58-21-11-22-59-96)108-68-31-25-44-87(108)4)124-103-67-30-36-73-113(103)144(132(105)124)135(126)119(91-48-13-7-14-49-91)127-106-77-81-117(125-102-66-29-35-72-112(102)143(133(106)125)134(118)127)141(97-60-23-12-24-61-97)109-69-32-26-45-88(109)5)52-39-46-89-47-40-53-93(84-89)121-129-107-75-79-115(139(95-56-19-10-20-57-95)99-63-38-43-86(3)83-99)123-100-64-27-33-70-110(100)142(131(107)123)136(129)120(92-50-15-8-16-51-92)128-104-74-78-114(122-101-65-28-34-71-111(101)145(130(104)122)137(121)128)138(94-54-17-9-18-55-94)98-62-37-42-85(2)82-98/h6-45,47-84H,1,46H2,2-5H3/b52-39-,90-41+. The number of benzene rings is 21. The van der Waals surface area contributed by atoms with Gasteiger partial charge in [0.1, 0.15) is 0 Å². The molecule has 8 nitrogen and oxygen atoms in total. The summed E-state index contributed by atoms with van der Waals surface area (Å²) in [6.45, 7) is 13.6. The Morgan fingerprint density at radius 3 is 0.924 bits per heavy atom. The van der Waals surface area contributed by atoms with E-state index in [9.17, 15) is 0 Å². The first-order valence-electron chi connectivity index (χ1n) is 50.3. The highest BCUT2D eigenvalue weighted by Crippen LogP contribution is 2.61. The molecule has 0 unspecified atom stereocenters. The van der Waals surface area contributed by atoms with Gasteiger partial charge in [0.2, 0.25) is 0 Å². The van der Waals surface area contributed by atoms with Crippen molar-refractivity contribution in [3.63, 3.8) is 0 Å². The quantitative estimate of drug-likeness (QED) is 0.0712. The van der Waals surface area contributed by atoms with Gasteiger partial charge in [-0.2, -0.15) is 0 Å². The molecule has 0 radical (unpaired) electrons. The van der Waals surface area contributed by atoms with Crippen LogP contribution in [0.2, 0.25) is 0 Å². The summed E-state index contributed by atoms with van der Waals surface area (Å²) in [4.78, 5) is 9.95. The van der Waals surface area contributed by atoms with Crippen molar-refractivity contribution in [2.75, 3.05) is 19.6 Å². The predicted octanol–water partition coefficient (Wildman–Crippen LogP) is 37.8. The Hall–Kier alpha value is -18.8. The molecule has 0 bridgehead atoms. The fourth-order valence-corrected chi connectivity index (χ4v) is 25.2. The molecule has 0 saturated heterocycles. The Labute approximate surface area is 838 Å². The number of hydrogen-bond acceptors (Lipinski definition) is 4. The van der Waals surface area contributed by atoms with E-state index >= 15 is 0 Å². The maximum atomic E-state index is 4.72. The largest absolute Gasteiger partial charge is 0.310 e. The third-order valence-corrected chi connectivity index (χ3v) is 30.9.